The van der Waals surface area contributed by atoms with Crippen LogP contribution in [-0.2, 0) is 4.79 Å². The van der Waals surface area contributed by atoms with E-state index in [1.807, 2.05) is 30.0 Å². The Bertz CT molecular complexity index is 474. The summed E-state index contributed by atoms with van der Waals surface area (Å²) in [6.45, 7) is 3.48. The van der Waals surface area contributed by atoms with E-state index in [0.717, 1.165) is 19.4 Å². The van der Waals surface area contributed by atoms with E-state index in [-0.39, 0.29) is 12.5 Å². The van der Waals surface area contributed by atoms with Gasteiger partial charge in [-0.1, -0.05) is 12.1 Å². The highest BCUT2D eigenvalue weighted by Crippen LogP contribution is 2.23. The van der Waals surface area contributed by atoms with Crippen molar-refractivity contribution in [3.05, 3.63) is 24.3 Å². The van der Waals surface area contributed by atoms with Crippen molar-refractivity contribution in [1.29, 1.82) is 0 Å². The van der Waals surface area contributed by atoms with Gasteiger partial charge >= 0.3 is 0 Å². The molecule has 1 aromatic carbocycles. The van der Waals surface area contributed by atoms with E-state index in [9.17, 15) is 9.90 Å². The highest BCUT2D eigenvalue weighted by molar-refractivity contribution is 5.93. The van der Waals surface area contributed by atoms with Crippen LogP contribution in [0.3, 0.4) is 0 Å². The second-order valence-corrected chi connectivity index (χ2v) is 5.56. The third kappa shape index (κ3) is 3.95. The Hall–Kier alpha value is -1.59. The quantitative estimate of drug-likeness (QED) is 0.876. The number of hydrogen-bond donors (Lipinski definition) is 2. The molecule has 1 aliphatic heterocycles. The average molecular weight is 278 g/mol. The van der Waals surface area contributed by atoms with Crippen molar-refractivity contribution >= 4 is 11.6 Å². The lowest BCUT2D eigenvalue weighted by molar-refractivity contribution is -0.118. The van der Waals surface area contributed by atoms with Gasteiger partial charge in [0.25, 0.3) is 0 Å². The number of nitrogens with zero attached hydrogens (tertiary/aromatic N) is 1. The Kier molecular flexibility index (Phi) is 4.62. The molecule has 1 saturated heterocycles. The molecule has 1 aromatic rings. The number of nitrogens with one attached hydrogen (secondary N) is 1. The zero-order chi connectivity index (χ0) is 14.6. The van der Waals surface area contributed by atoms with Gasteiger partial charge in [-0.05, 0) is 38.4 Å². The van der Waals surface area contributed by atoms with Crippen LogP contribution in [0.25, 0.3) is 0 Å². The summed E-state index contributed by atoms with van der Waals surface area (Å²) in [4.78, 5) is 14.1. The molecule has 2 rings (SSSR count). The van der Waals surface area contributed by atoms with Gasteiger partial charge in [0.2, 0.25) is 5.91 Å². The number of hydrogen-bond acceptors (Lipinski definition) is 4. The molecule has 1 amide bonds. The number of amides is 1. The van der Waals surface area contributed by atoms with Crippen molar-refractivity contribution in [2.24, 2.45) is 0 Å². The number of rotatable bonds is 4. The Morgan fingerprint density at radius 3 is 2.95 bits per heavy atom. The topological polar surface area (TPSA) is 61.8 Å². The minimum Gasteiger partial charge on any atom is -0.495 e. The first-order chi connectivity index (χ1) is 9.50. The maximum Gasteiger partial charge on any atom is 0.238 e. The minimum atomic E-state index is -0.692. The maximum absolute atomic E-state index is 12.1. The lowest BCUT2D eigenvalue weighted by Gasteiger charge is -2.36. The highest BCUT2D eigenvalue weighted by Gasteiger charge is 2.29. The molecular weight excluding hydrogens is 256 g/mol. The smallest absolute Gasteiger partial charge is 0.238 e. The standard InChI is InChI=1S/C15H22N2O3/c1-15(19)8-5-9-17(11-15)10-14(18)16-12-6-3-4-7-13(12)20-2/h3-4,6-7,19H,5,8-11H2,1-2H3,(H,16,18). The summed E-state index contributed by atoms with van der Waals surface area (Å²) in [5.41, 5.74) is -0.0213. The largest absolute Gasteiger partial charge is 0.495 e. The van der Waals surface area contributed by atoms with Crippen LogP contribution < -0.4 is 10.1 Å². The van der Waals surface area contributed by atoms with Gasteiger partial charge in [-0.25, -0.2) is 0 Å². The van der Waals surface area contributed by atoms with Crippen LogP contribution in [-0.4, -0.2) is 48.3 Å². The molecule has 1 atom stereocenters. The molecule has 0 radical (unpaired) electrons. The van der Waals surface area contributed by atoms with Gasteiger partial charge in [0, 0.05) is 6.54 Å². The molecular formula is C15H22N2O3. The molecule has 1 fully saturated rings. The molecule has 0 spiro atoms. The number of carbonyl (C=O) groups excluding carboxylic acids is 1. The number of ether oxygens (including phenoxy) is 1. The highest BCUT2D eigenvalue weighted by atomic mass is 16.5. The van der Waals surface area contributed by atoms with Crippen molar-refractivity contribution in [2.75, 3.05) is 32.1 Å². The van der Waals surface area contributed by atoms with Gasteiger partial charge in [-0.15, -0.1) is 0 Å². The van der Waals surface area contributed by atoms with Crippen LogP contribution in [0.2, 0.25) is 0 Å². The van der Waals surface area contributed by atoms with Gasteiger partial charge in [0.05, 0.1) is 24.9 Å². The van der Waals surface area contributed by atoms with Gasteiger partial charge in [-0.3, -0.25) is 9.69 Å². The van der Waals surface area contributed by atoms with E-state index in [0.29, 0.717) is 18.0 Å². The molecule has 0 aliphatic carbocycles. The first-order valence-electron chi connectivity index (χ1n) is 6.88. The fourth-order valence-corrected chi connectivity index (χ4v) is 2.60. The van der Waals surface area contributed by atoms with Crippen LogP contribution in [0.15, 0.2) is 24.3 Å². The van der Waals surface area contributed by atoms with Crippen LogP contribution in [0, 0.1) is 0 Å². The third-order valence-electron chi connectivity index (χ3n) is 3.50. The number of piperidine rings is 1. The van der Waals surface area contributed by atoms with Crippen LogP contribution >= 0.6 is 0 Å². The van der Waals surface area contributed by atoms with Crippen molar-refractivity contribution in [3.63, 3.8) is 0 Å². The number of anilines is 1. The van der Waals surface area contributed by atoms with E-state index in [1.54, 1.807) is 13.2 Å². The normalized spacial score (nSPS) is 23.4. The number of likely N-dealkylation sites (tertiary alicyclic amines) is 1. The molecule has 5 nitrogen and oxygen atoms in total. The minimum absolute atomic E-state index is 0.0906. The lowest BCUT2D eigenvalue weighted by Crippen LogP contribution is -2.48. The fourth-order valence-electron chi connectivity index (χ4n) is 2.60. The Morgan fingerprint density at radius 2 is 2.25 bits per heavy atom. The summed E-state index contributed by atoms with van der Waals surface area (Å²) in [6, 6.07) is 7.32. The van der Waals surface area contributed by atoms with Crippen molar-refractivity contribution in [1.82, 2.24) is 4.90 Å². The fraction of sp³-hybridized carbons (Fsp3) is 0.533. The van der Waals surface area contributed by atoms with E-state index in [4.69, 9.17) is 4.74 Å². The first kappa shape index (κ1) is 14.8. The molecule has 2 N–H and O–H groups in total. The second kappa shape index (κ2) is 6.24. The molecule has 0 bridgehead atoms. The third-order valence-corrected chi connectivity index (χ3v) is 3.50. The monoisotopic (exact) mass is 278 g/mol. The summed E-state index contributed by atoms with van der Waals surface area (Å²) >= 11 is 0. The van der Waals surface area contributed by atoms with Gasteiger partial charge in [0.15, 0.2) is 0 Å². The second-order valence-electron chi connectivity index (χ2n) is 5.56. The summed E-state index contributed by atoms with van der Waals surface area (Å²) in [6.07, 6.45) is 1.70. The number of β-amino-alcohol motifs (C(OH)–C–C–N with tert-alkyl or cyclic N) is 1. The zero-order valence-corrected chi connectivity index (χ0v) is 12.1. The van der Waals surface area contributed by atoms with Crippen molar-refractivity contribution in [3.8, 4) is 5.75 Å². The molecule has 20 heavy (non-hydrogen) atoms. The Morgan fingerprint density at radius 1 is 1.50 bits per heavy atom. The van der Waals surface area contributed by atoms with Crippen molar-refractivity contribution in [2.45, 2.75) is 25.4 Å². The van der Waals surface area contributed by atoms with Gasteiger partial charge in [0.1, 0.15) is 5.75 Å². The van der Waals surface area contributed by atoms with E-state index >= 15 is 0 Å². The molecule has 1 heterocycles. The lowest BCUT2D eigenvalue weighted by atomic mass is 9.95. The zero-order valence-electron chi connectivity index (χ0n) is 12.1. The first-order valence-corrected chi connectivity index (χ1v) is 6.88. The van der Waals surface area contributed by atoms with Crippen LogP contribution in [0.4, 0.5) is 5.69 Å². The number of benzene rings is 1. The average Bonchev–Trinajstić information content (AvgIpc) is 2.38. The van der Waals surface area contributed by atoms with E-state index in [1.165, 1.54) is 0 Å². The summed E-state index contributed by atoms with van der Waals surface area (Å²) in [5.74, 6) is 0.554. The molecule has 1 aliphatic rings. The summed E-state index contributed by atoms with van der Waals surface area (Å²) in [5, 5.41) is 12.9. The Balaban J connectivity index is 1.92. The SMILES string of the molecule is COc1ccccc1NC(=O)CN1CCCC(C)(O)C1. The number of para-hydroxylation sites is 2. The van der Waals surface area contributed by atoms with Gasteiger partial charge in [-0.2, -0.15) is 0 Å². The molecule has 110 valence electrons. The predicted molar refractivity (Wildman–Crippen MR) is 77.9 cm³/mol. The maximum atomic E-state index is 12.1. The summed E-state index contributed by atoms with van der Waals surface area (Å²) < 4.78 is 5.20. The molecule has 0 saturated carbocycles. The van der Waals surface area contributed by atoms with Crippen LogP contribution in [0.1, 0.15) is 19.8 Å². The molecule has 5 heteroatoms. The number of methoxy groups -OCH3 is 1. The summed E-state index contributed by atoms with van der Waals surface area (Å²) in [7, 11) is 1.58. The van der Waals surface area contributed by atoms with Gasteiger partial charge < -0.3 is 15.2 Å². The van der Waals surface area contributed by atoms with Crippen LogP contribution in [0.5, 0.6) is 5.75 Å². The number of carbonyl (C=O) groups is 1. The van der Waals surface area contributed by atoms with E-state index < -0.39 is 5.60 Å². The predicted octanol–water partition coefficient (Wildman–Crippen LogP) is 1.48. The molecule has 1 unspecified atom stereocenters. The Labute approximate surface area is 119 Å². The molecule has 0 aromatic heterocycles. The van der Waals surface area contributed by atoms with E-state index in [2.05, 4.69) is 5.32 Å². The number of aliphatic hydroxyl groups is 1. The van der Waals surface area contributed by atoms with Crippen molar-refractivity contribution < 1.29 is 14.6 Å².